The van der Waals surface area contributed by atoms with E-state index in [9.17, 15) is 13.2 Å². The second kappa shape index (κ2) is 6.57. The molecule has 1 aromatic carbocycles. The van der Waals surface area contributed by atoms with Crippen LogP contribution in [0.4, 0.5) is 5.69 Å². The highest BCUT2D eigenvalue weighted by atomic mass is 32.2. The molecule has 3 rings (SSSR count). The summed E-state index contributed by atoms with van der Waals surface area (Å²) in [6, 6.07) is 9.37. The summed E-state index contributed by atoms with van der Waals surface area (Å²) in [4.78, 5) is 11.8. The van der Waals surface area contributed by atoms with Crippen LogP contribution in [0.3, 0.4) is 0 Å². The largest absolute Gasteiger partial charge is 0.351 e. The average molecular weight is 364 g/mol. The van der Waals surface area contributed by atoms with Crippen molar-refractivity contribution < 1.29 is 13.2 Å². The number of benzene rings is 1. The molecule has 0 atom stereocenters. The first-order chi connectivity index (χ1) is 11.4. The zero-order chi connectivity index (χ0) is 17.3. The van der Waals surface area contributed by atoms with E-state index in [2.05, 4.69) is 5.32 Å². The lowest BCUT2D eigenvalue weighted by atomic mass is 10.1. The van der Waals surface area contributed by atoms with E-state index in [1.54, 1.807) is 12.1 Å². The fraction of sp³-hybridized carbons (Fsp3) is 0.353. The van der Waals surface area contributed by atoms with Gasteiger partial charge in [-0.1, -0.05) is 25.1 Å². The quantitative estimate of drug-likeness (QED) is 0.887. The molecule has 0 spiro atoms. The number of rotatable bonds is 5. The normalized spacial score (nSPS) is 13.8. The third-order valence-corrected chi connectivity index (χ3v) is 7.46. The molecule has 128 valence electrons. The first-order valence-corrected chi connectivity index (χ1v) is 10.2. The van der Waals surface area contributed by atoms with Crippen molar-refractivity contribution in [2.24, 2.45) is 0 Å². The number of aryl methyl sites for hydroxylation is 1. The lowest BCUT2D eigenvalue weighted by Crippen LogP contribution is -2.29. The van der Waals surface area contributed by atoms with Gasteiger partial charge in [-0.15, -0.1) is 11.3 Å². The SMILES string of the molecule is CCc1cccc2c1N(S(=O)(=O)c1ccc(CNC(C)=O)s1)CC2. The van der Waals surface area contributed by atoms with E-state index in [1.807, 2.05) is 25.1 Å². The maximum absolute atomic E-state index is 13.1. The molecule has 0 unspecified atom stereocenters. The first-order valence-electron chi connectivity index (χ1n) is 7.90. The van der Waals surface area contributed by atoms with Gasteiger partial charge in [-0.3, -0.25) is 9.10 Å². The number of para-hydroxylation sites is 1. The number of nitrogens with one attached hydrogen (secondary N) is 1. The minimum atomic E-state index is -3.56. The van der Waals surface area contributed by atoms with E-state index < -0.39 is 10.0 Å². The molecule has 0 saturated carbocycles. The predicted molar refractivity (Wildman–Crippen MR) is 95.9 cm³/mol. The van der Waals surface area contributed by atoms with Crippen molar-refractivity contribution >= 4 is 33.0 Å². The fourth-order valence-electron chi connectivity index (χ4n) is 2.94. The molecule has 0 radical (unpaired) electrons. The van der Waals surface area contributed by atoms with Gasteiger partial charge >= 0.3 is 0 Å². The van der Waals surface area contributed by atoms with Gasteiger partial charge < -0.3 is 5.32 Å². The molecule has 1 aliphatic heterocycles. The third kappa shape index (κ3) is 3.06. The Labute approximate surface area is 146 Å². The molecule has 7 heteroatoms. The molecule has 0 aliphatic carbocycles. The third-order valence-electron chi connectivity index (χ3n) is 4.11. The van der Waals surface area contributed by atoms with Crippen molar-refractivity contribution in [2.75, 3.05) is 10.8 Å². The van der Waals surface area contributed by atoms with Crippen LogP contribution in [0, 0.1) is 0 Å². The average Bonchev–Trinajstić information content (AvgIpc) is 3.19. The Morgan fingerprint density at radius 3 is 2.79 bits per heavy atom. The molecule has 1 aromatic heterocycles. The van der Waals surface area contributed by atoms with E-state index in [4.69, 9.17) is 0 Å². The summed E-state index contributed by atoms with van der Waals surface area (Å²) in [5, 5.41) is 2.69. The zero-order valence-electron chi connectivity index (χ0n) is 13.7. The molecule has 1 amide bonds. The lowest BCUT2D eigenvalue weighted by molar-refractivity contribution is -0.119. The summed E-state index contributed by atoms with van der Waals surface area (Å²) in [6.45, 7) is 4.31. The Morgan fingerprint density at radius 1 is 1.29 bits per heavy atom. The van der Waals surface area contributed by atoms with Crippen LogP contribution in [0.1, 0.15) is 29.9 Å². The monoisotopic (exact) mass is 364 g/mol. The number of fused-ring (bicyclic) bond motifs is 1. The van der Waals surface area contributed by atoms with Crippen molar-refractivity contribution in [3.05, 3.63) is 46.3 Å². The molecule has 1 aliphatic rings. The van der Waals surface area contributed by atoms with Crippen molar-refractivity contribution in [2.45, 2.75) is 37.4 Å². The summed E-state index contributed by atoms with van der Waals surface area (Å²) < 4.78 is 28.0. The number of sulfonamides is 1. The number of hydrogen-bond donors (Lipinski definition) is 1. The highest BCUT2D eigenvalue weighted by molar-refractivity contribution is 7.94. The topological polar surface area (TPSA) is 66.5 Å². The van der Waals surface area contributed by atoms with Crippen LogP contribution in [0.25, 0.3) is 0 Å². The summed E-state index contributed by atoms with van der Waals surface area (Å²) in [5.41, 5.74) is 2.99. The van der Waals surface area contributed by atoms with Crippen LogP contribution in [0.2, 0.25) is 0 Å². The first kappa shape index (κ1) is 17.0. The fourth-order valence-corrected chi connectivity index (χ4v) is 5.89. The van der Waals surface area contributed by atoms with Gasteiger partial charge in [0.1, 0.15) is 4.21 Å². The van der Waals surface area contributed by atoms with Crippen LogP contribution in [-0.2, 0) is 34.2 Å². The molecule has 5 nitrogen and oxygen atoms in total. The van der Waals surface area contributed by atoms with Crippen LogP contribution in [0.5, 0.6) is 0 Å². The van der Waals surface area contributed by atoms with Gasteiger partial charge in [0.2, 0.25) is 5.91 Å². The zero-order valence-corrected chi connectivity index (χ0v) is 15.3. The Kier molecular flexibility index (Phi) is 4.64. The summed E-state index contributed by atoms with van der Waals surface area (Å²) in [7, 11) is -3.56. The van der Waals surface area contributed by atoms with E-state index in [1.165, 1.54) is 22.6 Å². The van der Waals surface area contributed by atoms with Crippen LogP contribution < -0.4 is 9.62 Å². The minimum Gasteiger partial charge on any atom is -0.351 e. The van der Waals surface area contributed by atoms with E-state index in [-0.39, 0.29) is 5.91 Å². The van der Waals surface area contributed by atoms with Crippen LogP contribution in [0.15, 0.2) is 34.5 Å². The van der Waals surface area contributed by atoms with Crippen molar-refractivity contribution in [3.63, 3.8) is 0 Å². The molecule has 0 saturated heterocycles. The number of carbonyl (C=O) groups excluding carboxylic acids is 1. The molecule has 0 fully saturated rings. The number of anilines is 1. The number of carbonyl (C=O) groups is 1. The van der Waals surface area contributed by atoms with Crippen molar-refractivity contribution in [1.82, 2.24) is 5.32 Å². The highest BCUT2D eigenvalue weighted by Gasteiger charge is 2.33. The van der Waals surface area contributed by atoms with Gasteiger partial charge in [0.25, 0.3) is 10.0 Å². The molecule has 2 heterocycles. The molecule has 1 N–H and O–H groups in total. The van der Waals surface area contributed by atoms with E-state index in [0.717, 1.165) is 34.5 Å². The van der Waals surface area contributed by atoms with Crippen LogP contribution in [-0.4, -0.2) is 20.9 Å². The van der Waals surface area contributed by atoms with E-state index >= 15 is 0 Å². The summed E-state index contributed by atoms with van der Waals surface area (Å²) in [5.74, 6) is -0.131. The molecule has 0 bridgehead atoms. The number of thiophene rings is 1. The van der Waals surface area contributed by atoms with Gasteiger partial charge in [0.15, 0.2) is 0 Å². The second-order valence-electron chi connectivity index (χ2n) is 5.74. The smallest absolute Gasteiger partial charge is 0.273 e. The number of hydrogen-bond acceptors (Lipinski definition) is 4. The lowest BCUT2D eigenvalue weighted by Gasteiger charge is -2.21. The van der Waals surface area contributed by atoms with E-state index in [0.29, 0.717) is 17.3 Å². The predicted octanol–water partition coefficient (Wildman–Crippen LogP) is 2.70. The van der Waals surface area contributed by atoms with Crippen molar-refractivity contribution in [1.29, 1.82) is 0 Å². The highest BCUT2D eigenvalue weighted by Crippen LogP contribution is 2.37. The molecule has 2 aromatic rings. The van der Waals surface area contributed by atoms with Gasteiger partial charge in [0.05, 0.1) is 12.2 Å². The Bertz CT molecular complexity index is 872. The maximum Gasteiger partial charge on any atom is 0.273 e. The van der Waals surface area contributed by atoms with Gasteiger partial charge in [-0.2, -0.15) is 0 Å². The minimum absolute atomic E-state index is 0.131. The van der Waals surface area contributed by atoms with Gasteiger partial charge in [-0.05, 0) is 36.1 Å². The standard InChI is InChI=1S/C17H20N2O3S2/c1-3-13-5-4-6-14-9-10-19(17(13)14)24(21,22)16-8-7-15(23-16)11-18-12(2)20/h4-8H,3,9-11H2,1-2H3,(H,18,20). The van der Waals surface area contributed by atoms with Crippen molar-refractivity contribution in [3.8, 4) is 0 Å². The van der Waals surface area contributed by atoms with Crippen LogP contribution >= 0.6 is 11.3 Å². The molecule has 24 heavy (non-hydrogen) atoms. The second-order valence-corrected chi connectivity index (χ2v) is 8.99. The number of nitrogens with zero attached hydrogens (tertiary/aromatic N) is 1. The Hall–Kier alpha value is -1.86. The Balaban J connectivity index is 1.92. The van der Waals surface area contributed by atoms with Gasteiger partial charge in [0, 0.05) is 18.3 Å². The Morgan fingerprint density at radius 2 is 2.08 bits per heavy atom. The summed E-state index contributed by atoms with van der Waals surface area (Å²) >= 11 is 1.21. The molecular formula is C17H20N2O3S2. The number of amides is 1. The molecular weight excluding hydrogens is 344 g/mol. The maximum atomic E-state index is 13.1. The van der Waals surface area contributed by atoms with Gasteiger partial charge in [-0.25, -0.2) is 8.42 Å². The summed E-state index contributed by atoms with van der Waals surface area (Å²) in [6.07, 6.45) is 1.54.